The summed E-state index contributed by atoms with van der Waals surface area (Å²) in [5, 5.41) is 10.1. The van der Waals surface area contributed by atoms with Crippen LogP contribution in [0.1, 0.15) is 32.6 Å². The second-order valence-electron chi connectivity index (χ2n) is 5.38. The van der Waals surface area contributed by atoms with Gasteiger partial charge in [-0.25, -0.2) is 0 Å². The van der Waals surface area contributed by atoms with Gasteiger partial charge in [-0.05, 0) is 18.8 Å². The second-order valence-corrected chi connectivity index (χ2v) is 5.38. The number of aliphatic hydroxyl groups excluding tert-OH is 1. The number of Topliss-reactive ketones (excluding diaryl/α,β-unsaturated/α-hetero) is 1. The van der Waals surface area contributed by atoms with Gasteiger partial charge in [0, 0.05) is 18.3 Å². The molecule has 2 rings (SSSR count). The minimum Gasteiger partial charge on any atom is -0.469 e. The van der Waals surface area contributed by atoms with Crippen molar-refractivity contribution in [2.24, 2.45) is 23.7 Å². The molecule has 17 heavy (non-hydrogen) atoms. The molecule has 1 N–H and O–H groups in total. The summed E-state index contributed by atoms with van der Waals surface area (Å²) in [7, 11) is 1.37. The monoisotopic (exact) mass is 240 g/mol. The number of rotatable bonds is 1. The summed E-state index contributed by atoms with van der Waals surface area (Å²) < 4.78 is 4.83. The lowest BCUT2D eigenvalue weighted by atomic mass is 9.60. The number of ketones is 1. The summed E-state index contributed by atoms with van der Waals surface area (Å²) >= 11 is 0. The molecule has 5 atom stereocenters. The molecular formula is C13H20O4. The fourth-order valence-corrected chi connectivity index (χ4v) is 3.57. The van der Waals surface area contributed by atoms with Gasteiger partial charge in [0.1, 0.15) is 5.78 Å². The van der Waals surface area contributed by atoms with Crippen LogP contribution in [0.4, 0.5) is 0 Å². The van der Waals surface area contributed by atoms with Crippen molar-refractivity contribution in [3.05, 3.63) is 0 Å². The van der Waals surface area contributed by atoms with Crippen LogP contribution in [0.3, 0.4) is 0 Å². The molecule has 0 spiro atoms. The van der Waals surface area contributed by atoms with Crippen LogP contribution in [0, 0.1) is 23.7 Å². The van der Waals surface area contributed by atoms with E-state index in [1.54, 1.807) is 0 Å². The number of carbonyl (C=O) groups excluding carboxylic acids is 2. The lowest BCUT2D eigenvalue weighted by Crippen LogP contribution is -2.50. The van der Waals surface area contributed by atoms with Crippen LogP contribution in [-0.4, -0.2) is 30.1 Å². The number of hydrogen-bond acceptors (Lipinski definition) is 4. The van der Waals surface area contributed by atoms with Gasteiger partial charge in [-0.1, -0.05) is 13.3 Å². The minimum absolute atomic E-state index is 0.0241. The largest absolute Gasteiger partial charge is 0.469 e. The fraction of sp³-hybridized carbons (Fsp3) is 0.846. The van der Waals surface area contributed by atoms with E-state index in [1.165, 1.54) is 7.11 Å². The summed E-state index contributed by atoms with van der Waals surface area (Å²) in [6.07, 6.45) is 2.27. The van der Waals surface area contributed by atoms with Crippen molar-refractivity contribution in [1.82, 2.24) is 0 Å². The van der Waals surface area contributed by atoms with Crippen LogP contribution in [0.5, 0.6) is 0 Å². The van der Waals surface area contributed by atoms with Gasteiger partial charge in [-0.2, -0.15) is 0 Å². The number of fused-ring (bicyclic) bond motifs is 1. The van der Waals surface area contributed by atoms with Gasteiger partial charge >= 0.3 is 5.97 Å². The van der Waals surface area contributed by atoms with Crippen LogP contribution >= 0.6 is 0 Å². The summed E-state index contributed by atoms with van der Waals surface area (Å²) in [5.41, 5.74) is 0. The predicted octanol–water partition coefficient (Wildman–Crippen LogP) is 1.16. The Hall–Kier alpha value is -0.900. The average molecular weight is 240 g/mol. The Labute approximate surface area is 101 Å². The van der Waals surface area contributed by atoms with Crippen molar-refractivity contribution < 1.29 is 19.4 Å². The highest BCUT2D eigenvalue weighted by Gasteiger charge is 2.50. The van der Waals surface area contributed by atoms with Gasteiger partial charge in [-0.3, -0.25) is 9.59 Å². The van der Waals surface area contributed by atoms with Crippen LogP contribution < -0.4 is 0 Å². The molecule has 96 valence electrons. The van der Waals surface area contributed by atoms with E-state index in [2.05, 4.69) is 0 Å². The van der Waals surface area contributed by atoms with Gasteiger partial charge in [0.15, 0.2) is 0 Å². The second kappa shape index (κ2) is 4.77. The molecule has 2 aliphatic carbocycles. The molecular weight excluding hydrogens is 220 g/mol. The molecule has 4 nitrogen and oxygen atoms in total. The maximum absolute atomic E-state index is 12.0. The lowest BCUT2D eigenvalue weighted by Gasteiger charge is -2.44. The normalized spacial score (nSPS) is 41.8. The molecule has 4 heteroatoms. The zero-order valence-electron chi connectivity index (χ0n) is 10.4. The molecule has 0 saturated heterocycles. The SMILES string of the molecule is COC(=O)[C@@H]1[C@@H]2[C@@H](O)CCC[C@H]2C(=O)C[C@H]1C. The Morgan fingerprint density at radius 3 is 2.76 bits per heavy atom. The first kappa shape index (κ1) is 12.6. The van der Waals surface area contributed by atoms with Gasteiger partial charge in [0.05, 0.1) is 19.1 Å². The third-order valence-corrected chi connectivity index (χ3v) is 4.36. The van der Waals surface area contributed by atoms with E-state index < -0.39 is 6.10 Å². The Balaban J connectivity index is 2.29. The zero-order valence-corrected chi connectivity index (χ0v) is 10.4. The Morgan fingerprint density at radius 2 is 2.12 bits per heavy atom. The van der Waals surface area contributed by atoms with E-state index in [0.29, 0.717) is 12.8 Å². The molecule has 0 aromatic heterocycles. The number of ether oxygens (including phenoxy) is 1. The van der Waals surface area contributed by atoms with Crippen molar-refractivity contribution in [3.63, 3.8) is 0 Å². The third kappa shape index (κ3) is 2.10. The first-order valence-corrected chi connectivity index (χ1v) is 6.35. The highest BCUT2D eigenvalue weighted by molar-refractivity contribution is 5.86. The molecule has 0 heterocycles. The molecule has 0 aromatic carbocycles. The van der Waals surface area contributed by atoms with E-state index in [4.69, 9.17) is 4.74 Å². The first-order chi connectivity index (χ1) is 8.06. The molecule has 2 saturated carbocycles. The number of hydrogen-bond donors (Lipinski definition) is 1. The maximum atomic E-state index is 12.0. The van der Waals surface area contributed by atoms with Gasteiger partial charge in [-0.15, -0.1) is 0 Å². The average Bonchev–Trinajstić information content (AvgIpc) is 2.30. The Morgan fingerprint density at radius 1 is 1.41 bits per heavy atom. The van der Waals surface area contributed by atoms with E-state index in [9.17, 15) is 14.7 Å². The molecule has 0 aromatic rings. The number of methoxy groups -OCH3 is 1. The minimum atomic E-state index is -0.537. The first-order valence-electron chi connectivity index (χ1n) is 6.35. The molecule has 0 amide bonds. The molecule has 2 aliphatic rings. The van der Waals surface area contributed by atoms with Crippen molar-refractivity contribution in [2.75, 3.05) is 7.11 Å². The zero-order chi connectivity index (χ0) is 12.6. The lowest BCUT2D eigenvalue weighted by molar-refractivity contribution is -0.161. The number of carbonyl (C=O) groups is 2. The third-order valence-electron chi connectivity index (χ3n) is 4.36. The molecule has 0 unspecified atom stereocenters. The molecule has 0 bridgehead atoms. The Kier molecular flexibility index (Phi) is 3.52. The quantitative estimate of drug-likeness (QED) is 0.699. The van der Waals surface area contributed by atoms with Crippen LogP contribution in [-0.2, 0) is 14.3 Å². The van der Waals surface area contributed by atoms with Crippen molar-refractivity contribution in [1.29, 1.82) is 0 Å². The van der Waals surface area contributed by atoms with Crippen LogP contribution in [0.2, 0.25) is 0 Å². The van der Waals surface area contributed by atoms with Gasteiger partial charge in [0.25, 0.3) is 0 Å². The number of aliphatic hydroxyl groups is 1. The highest BCUT2D eigenvalue weighted by Crippen LogP contribution is 2.45. The van der Waals surface area contributed by atoms with Gasteiger partial charge in [0.2, 0.25) is 0 Å². The van der Waals surface area contributed by atoms with Crippen LogP contribution in [0.15, 0.2) is 0 Å². The van der Waals surface area contributed by atoms with Gasteiger partial charge < -0.3 is 9.84 Å². The molecule has 0 aliphatic heterocycles. The van der Waals surface area contributed by atoms with Crippen molar-refractivity contribution >= 4 is 11.8 Å². The molecule has 2 fully saturated rings. The molecule has 0 radical (unpaired) electrons. The standard InChI is InChI=1S/C13H20O4/c1-7-6-10(15)8-4-3-5-9(14)12(8)11(7)13(16)17-2/h7-9,11-12,14H,3-6H2,1-2H3/t7-,8+,9+,11+,12+/m1/s1. The predicted molar refractivity (Wildman–Crippen MR) is 61.1 cm³/mol. The van der Waals surface area contributed by atoms with E-state index in [-0.39, 0.29) is 35.4 Å². The van der Waals surface area contributed by atoms with E-state index in [1.807, 2.05) is 6.92 Å². The summed E-state index contributed by atoms with van der Waals surface area (Å²) in [4.78, 5) is 23.8. The highest BCUT2D eigenvalue weighted by atomic mass is 16.5. The topological polar surface area (TPSA) is 63.6 Å². The van der Waals surface area contributed by atoms with Crippen molar-refractivity contribution in [3.8, 4) is 0 Å². The van der Waals surface area contributed by atoms with Crippen molar-refractivity contribution in [2.45, 2.75) is 38.7 Å². The summed E-state index contributed by atoms with van der Waals surface area (Å²) in [6, 6.07) is 0. The maximum Gasteiger partial charge on any atom is 0.309 e. The van der Waals surface area contributed by atoms with E-state index in [0.717, 1.165) is 12.8 Å². The Bertz CT molecular complexity index is 325. The van der Waals surface area contributed by atoms with E-state index >= 15 is 0 Å². The number of esters is 1. The summed E-state index contributed by atoms with van der Waals surface area (Å²) in [6.45, 7) is 1.90. The van der Waals surface area contributed by atoms with Crippen LogP contribution in [0.25, 0.3) is 0 Å². The fourth-order valence-electron chi connectivity index (χ4n) is 3.57. The summed E-state index contributed by atoms with van der Waals surface area (Å²) in [5.74, 6) is -0.782. The smallest absolute Gasteiger partial charge is 0.309 e.